The number of nitrogens with one attached hydrogen (secondary N) is 1. The van der Waals surface area contributed by atoms with Crippen molar-refractivity contribution in [1.82, 2.24) is 24.5 Å². The van der Waals surface area contributed by atoms with Gasteiger partial charge in [-0.3, -0.25) is 4.79 Å². The number of amides is 1. The monoisotopic (exact) mass is 383 g/mol. The van der Waals surface area contributed by atoms with E-state index in [4.69, 9.17) is 5.26 Å². The zero-order valence-electron chi connectivity index (χ0n) is 15.6. The van der Waals surface area contributed by atoms with Gasteiger partial charge >= 0.3 is 0 Å². The molecule has 0 unspecified atom stereocenters. The summed E-state index contributed by atoms with van der Waals surface area (Å²) in [5, 5.41) is 20.3. The topological polar surface area (TPSA) is 101 Å². The molecule has 29 heavy (non-hydrogen) atoms. The van der Waals surface area contributed by atoms with Crippen LogP contribution in [0, 0.1) is 18.3 Å². The van der Waals surface area contributed by atoms with Gasteiger partial charge in [-0.1, -0.05) is 48.0 Å². The maximum atomic E-state index is 12.5. The van der Waals surface area contributed by atoms with Gasteiger partial charge in [0.05, 0.1) is 11.4 Å². The van der Waals surface area contributed by atoms with Crippen LogP contribution in [0.3, 0.4) is 0 Å². The molecule has 0 spiro atoms. The Hall–Kier alpha value is -4.25. The van der Waals surface area contributed by atoms with Crippen molar-refractivity contribution in [3.05, 3.63) is 78.4 Å². The Morgan fingerprint density at radius 3 is 2.55 bits per heavy atom. The molecule has 0 saturated heterocycles. The second kappa shape index (κ2) is 7.78. The van der Waals surface area contributed by atoms with E-state index in [1.165, 1.54) is 11.0 Å². The lowest BCUT2D eigenvalue weighted by atomic mass is 10.1. The maximum Gasteiger partial charge on any atom is 0.252 e. The zero-order chi connectivity index (χ0) is 20.2. The number of nitriles is 1. The predicted octanol–water partition coefficient (Wildman–Crippen LogP) is 2.95. The summed E-state index contributed by atoms with van der Waals surface area (Å²) in [5.41, 5.74) is 3.69. The van der Waals surface area contributed by atoms with E-state index in [-0.39, 0.29) is 18.3 Å². The first-order valence-electron chi connectivity index (χ1n) is 8.94. The highest BCUT2D eigenvalue weighted by atomic mass is 16.2. The Morgan fingerprint density at radius 1 is 1.10 bits per heavy atom. The Balaban J connectivity index is 1.64. The third-order valence-corrected chi connectivity index (χ3v) is 4.27. The van der Waals surface area contributed by atoms with E-state index < -0.39 is 0 Å². The van der Waals surface area contributed by atoms with Crippen molar-refractivity contribution in [3.63, 3.8) is 0 Å². The molecule has 2 heterocycles. The minimum Gasteiger partial charge on any atom is -0.309 e. The van der Waals surface area contributed by atoms with E-state index in [9.17, 15) is 4.79 Å². The number of hydrogen-bond donors (Lipinski definition) is 1. The summed E-state index contributed by atoms with van der Waals surface area (Å²) in [6.07, 6.45) is 1.35. The minimum absolute atomic E-state index is 0.0220. The van der Waals surface area contributed by atoms with E-state index in [1.54, 1.807) is 4.68 Å². The third-order valence-electron chi connectivity index (χ3n) is 4.27. The van der Waals surface area contributed by atoms with Gasteiger partial charge in [0, 0.05) is 11.6 Å². The first-order chi connectivity index (χ1) is 14.1. The predicted molar refractivity (Wildman–Crippen MR) is 107 cm³/mol. The normalized spacial score (nSPS) is 10.5. The summed E-state index contributed by atoms with van der Waals surface area (Å²) in [4.78, 5) is 16.3. The maximum absolute atomic E-state index is 12.5. The van der Waals surface area contributed by atoms with Gasteiger partial charge in [-0.15, -0.1) is 5.10 Å². The number of benzene rings is 2. The molecule has 8 nitrogen and oxygen atoms in total. The summed E-state index contributed by atoms with van der Waals surface area (Å²) in [6.45, 7) is 1.97. The quantitative estimate of drug-likeness (QED) is 0.571. The number of carbonyl (C=O) groups excluding carboxylic acids is 1. The Morgan fingerprint density at radius 2 is 1.86 bits per heavy atom. The van der Waals surface area contributed by atoms with Gasteiger partial charge < -0.3 is 5.32 Å². The van der Waals surface area contributed by atoms with Crippen LogP contribution in [0.1, 0.15) is 11.4 Å². The van der Waals surface area contributed by atoms with Crippen molar-refractivity contribution in [2.75, 3.05) is 5.32 Å². The number of aryl methyl sites for hydroxylation is 1. The van der Waals surface area contributed by atoms with Crippen molar-refractivity contribution >= 4 is 11.7 Å². The fraction of sp³-hybridized carbons (Fsp3) is 0.0952. The zero-order valence-corrected chi connectivity index (χ0v) is 15.6. The van der Waals surface area contributed by atoms with Gasteiger partial charge in [0.25, 0.3) is 5.82 Å². The molecule has 1 N–H and O–H groups in total. The van der Waals surface area contributed by atoms with Crippen LogP contribution in [0.4, 0.5) is 5.82 Å². The summed E-state index contributed by atoms with van der Waals surface area (Å²) >= 11 is 0. The Labute approximate surface area is 167 Å². The fourth-order valence-electron chi connectivity index (χ4n) is 2.85. The second-order valence-corrected chi connectivity index (χ2v) is 6.45. The fourth-order valence-corrected chi connectivity index (χ4v) is 2.85. The van der Waals surface area contributed by atoms with Crippen molar-refractivity contribution in [2.45, 2.75) is 13.5 Å². The number of hydrogen-bond acceptors (Lipinski definition) is 5. The van der Waals surface area contributed by atoms with Gasteiger partial charge in [0.2, 0.25) is 5.91 Å². The number of nitrogens with zero attached hydrogens (tertiary/aromatic N) is 6. The molecule has 2 aromatic carbocycles. The van der Waals surface area contributed by atoms with E-state index in [0.29, 0.717) is 5.82 Å². The molecule has 2 aromatic heterocycles. The first kappa shape index (κ1) is 18.1. The van der Waals surface area contributed by atoms with E-state index in [0.717, 1.165) is 22.5 Å². The average molecular weight is 383 g/mol. The van der Waals surface area contributed by atoms with Gasteiger partial charge in [0.15, 0.2) is 0 Å². The molecule has 0 fully saturated rings. The van der Waals surface area contributed by atoms with Crippen LogP contribution < -0.4 is 5.32 Å². The van der Waals surface area contributed by atoms with Crippen LogP contribution in [0.25, 0.3) is 16.9 Å². The molecule has 4 rings (SSSR count). The van der Waals surface area contributed by atoms with Crippen LogP contribution >= 0.6 is 0 Å². The summed E-state index contributed by atoms with van der Waals surface area (Å²) in [5.74, 6) is 0.262. The van der Waals surface area contributed by atoms with Crippen LogP contribution in [-0.2, 0) is 11.3 Å². The average Bonchev–Trinajstić information content (AvgIpc) is 3.36. The minimum atomic E-state index is -0.299. The molecule has 8 heteroatoms. The van der Waals surface area contributed by atoms with Crippen LogP contribution in [0.15, 0.2) is 67.0 Å². The smallest absolute Gasteiger partial charge is 0.252 e. The summed E-state index contributed by atoms with van der Waals surface area (Å²) < 4.78 is 3.01. The molecule has 1 amide bonds. The van der Waals surface area contributed by atoms with Gasteiger partial charge in [-0.05, 0) is 19.1 Å². The standard InChI is InChI=1S/C21H17N7O/c1-15-7-9-16(10-8-15)18-11-20(28(25-18)17-5-3-2-4-6-17)24-21(29)13-27-14-23-19(12-22)26-27/h2-11,14H,13H2,1H3,(H,24,29). The SMILES string of the molecule is Cc1ccc(-c2cc(NC(=O)Cn3cnc(C#N)n3)n(-c3ccccc3)n2)cc1. The highest BCUT2D eigenvalue weighted by molar-refractivity contribution is 5.90. The molecule has 4 aromatic rings. The van der Waals surface area contributed by atoms with Crippen molar-refractivity contribution < 1.29 is 4.79 Å². The molecule has 142 valence electrons. The highest BCUT2D eigenvalue weighted by Gasteiger charge is 2.14. The molecule has 0 atom stereocenters. The van der Waals surface area contributed by atoms with Gasteiger partial charge in [-0.25, -0.2) is 14.3 Å². The Kier molecular flexibility index (Phi) is 4.86. The molecule has 0 aliphatic heterocycles. The first-order valence-corrected chi connectivity index (χ1v) is 8.94. The molecule has 0 radical (unpaired) electrons. The van der Waals surface area contributed by atoms with Gasteiger partial charge in [-0.2, -0.15) is 10.4 Å². The number of carbonyl (C=O) groups is 1. The number of anilines is 1. The van der Waals surface area contributed by atoms with Crippen LogP contribution in [0.5, 0.6) is 0 Å². The lowest BCUT2D eigenvalue weighted by Gasteiger charge is -2.08. The third kappa shape index (κ3) is 4.04. The van der Waals surface area contributed by atoms with Crippen molar-refractivity contribution in [2.24, 2.45) is 0 Å². The molecular weight excluding hydrogens is 366 g/mol. The van der Waals surface area contributed by atoms with E-state index >= 15 is 0 Å². The summed E-state index contributed by atoms with van der Waals surface area (Å²) in [7, 11) is 0. The van der Waals surface area contributed by atoms with Crippen LogP contribution in [-0.4, -0.2) is 30.5 Å². The molecular formula is C21H17N7O. The summed E-state index contributed by atoms with van der Waals surface area (Å²) in [6, 6.07) is 21.3. The molecule has 0 aliphatic carbocycles. The van der Waals surface area contributed by atoms with E-state index in [1.807, 2.05) is 73.7 Å². The lowest BCUT2D eigenvalue weighted by Crippen LogP contribution is -2.21. The largest absolute Gasteiger partial charge is 0.309 e. The van der Waals surface area contributed by atoms with Gasteiger partial charge in [0.1, 0.15) is 24.8 Å². The van der Waals surface area contributed by atoms with E-state index in [2.05, 4.69) is 20.5 Å². The van der Waals surface area contributed by atoms with Crippen molar-refractivity contribution in [3.8, 4) is 23.0 Å². The molecule has 0 saturated carbocycles. The number of rotatable bonds is 5. The van der Waals surface area contributed by atoms with Crippen molar-refractivity contribution in [1.29, 1.82) is 5.26 Å². The second-order valence-electron chi connectivity index (χ2n) is 6.45. The lowest BCUT2D eigenvalue weighted by molar-refractivity contribution is -0.116. The molecule has 0 bridgehead atoms. The number of aromatic nitrogens is 5. The molecule has 0 aliphatic rings. The van der Waals surface area contributed by atoms with Crippen LogP contribution in [0.2, 0.25) is 0 Å². The Bertz CT molecular complexity index is 1180. The highest BCUT2D eigenvalue weighted by Crippen LogP contribution is 2.25. The number of para-hydroxylation sites is 1.